The number of anilines is 3. The normalized spacial score (nSPS) is 11.6. The third-order valence-corrected chi connectivity index (χ3v) is 12.1. The van der Waals surface area contributed by atoms with Gasteiger partial charge in [0.25, 0.3) is 0 Å². The van der Waals surface area contributed by atoms with Crippen LogP contribution in [0.25, 0.3) is 99.2 Å². The molecule has 0 N–H and O–H groups in total. The second kappa shape index (κ2) is 14.3. The van der Waals surface area contributed by atoms with E-state index >= 15 is 0 Å². The molecule has 12 rings (SSSR count). The number of furan rings is 2. The zero-order valence-corrected chi connectivity index (χ0v) is 33.1. The van der Waals surface area contributed by atoms with E-state index in [1.807, 2.05) is 18.2 Å². The summed E-state index contributed by atoms with van der Waals surface area (Å²) in [6, 6.07) is 79.8. The molecule has 61 heavy (non-hydrogen) atoms. The molecule has 12 aromatic rings. The standard InChI is InChI=1S/C58H37NO2/c1-2-14-39(15-3-1)47-36-37-52(57-51-22-9-11-26-54(51)61-58(47)57)59(42-32-28-40(29-33-42)45-23-12-17-38-16-4-5-18-44(38)45)43-34-30-41(31-35-43)46-19-6-7-20-48(46)49-24-13-27-55-56(49)50-21-8-10-25-53(50)60-55/h1-37H. The van der Waals surface area contributed by atoms with Gasteiger partial charge in [0.2, 0.25) is 0 Å². The zero-order valence-electron chi connectivity index (χ0n) is 33.1. The fourth-order valence-electron chi connectivity index (χ4n) is 9.30. The van der Waals surface area contributed by atoms with Crippen molar-refractivity contribution in [1.29, 1.82) is 0 Å². The van der Waals surface area contributed by atoms with E-state index in [1.165, 1.54) is 21.9 Å². The van der Waals surface area contributed by atoms with Crippen LogP contribution in [-0.4, -0.2) is 0 Å². The molecule has 10 aromatic carbocycles. The number of rotatable bonds is 7. The Hall–Kier alpha value is -8.14. The van der Waals surface area contributed by atoms with Crippen LogP contribution in [0.15, 0.2) is 233 Å². The van der Waals surface area contributed by atoms with Gasteiger partial charge in [0.05, 0.1) is 11.1 Å². The molecular formula is C58H37NO2. The molecule has 0 aliphatic heterocycles. The van der Waals surface area contributed by atoms with Gasteiger partial charge in [0.15, 0.2) is 0 Å². The summed E-state index contributed by atoms with van der Waals surface area (Å²) in [4.78, 5) is 2.37. The molecule has 0 saturated carbocycles. The Morgan fingerprint density at radius 3 is 1.54 bits per heavy atom. The van der Waals surface area contributed by atoms with Crippen LogP contribution in [0.2, 0.25) is 0 Å². The third kappa shape index (κ3) is 5.82. The largest absolute Gasteiger partial charge is 0.456 e. The van der Waals surface area contributed by atoms with Crippen LogP contribution in [-0.2, 0) is 0 Å². The molecule has 0 unspecified atom stereocenters. The Kier molecular flexibility index (Phi) is 8.17. The monoisotopic (exact) mass is 779 g/mol. The van der Waals surface area contributed by atoms with Gasteiger partial charge in [-0.25, -0.2) is 0 Å². The first-order valence-corrected chi connectivity index (χ1v) is 20.7. The predicted octanol–water partition coefficient (Wildman–Crippen LogP) is 16.8. The zero-order chi connectivity index (χ0) is 40.3. The number of benzene rings is 10. The Balaban J connectivity index is 1.03. The van der Waals surface area contributed by atoms with Crippen molar-refractivity contribution in [2.75, 3.05) is 4.90 Å². The number of hydrogen-bond donors (Lipinski definition) is 0. The Bertz CT molecular complexity index is 3570. The van der Waals surface area contributed by atoms with E-state index in [1.54, 1.807) is 0 Å². The third-order valence-electron chi connectivity index (χ3n) is 12.1. The van der Waals surface area contributed by atoms with Gasteiger partial charge in [-0.05, 0) is 104 Å². The van der Waals surface area contributed by atoms with Gasteiger partial charge >= 0.3 is 0 Å². The summed E-state index contributed by atoms with van der Waals surface area (Å²) in [7, 11) is 0. The molecule has 0 radical (unpaired) electrons. The second-order valence-corrected chi connectivity index (χ2v) is 15.6. The van der Waals surface area contributed by atoms with Crippen LogP contribution in [0, 0.1) is 0 Å². The summed E-state index contributed by atoms with van der Waals surface area (Å²) >= 11 is 0. The van der Waals surface area contributed by atoms with E-state index in [-0.39, 0.29) is 0 Å². The number of fused-ring (bicyclic) bond motifs is 7. The van der Waals surface area contributed by atoms with E-state index in [0.29, 0.717) is 0 Å². The van der Waals surface area contributed by atoms with Gasteiger partial charge in [-0.1, -0.05) is 170 Å². The van der Waals surface area contributed by atoms with Crippen molar-refractivity contribution in [1.82, 2.24) is 0 Å². The molecule has 3 heteroatoms. The first-order valence-electron chi connectivity index (χ1n) is 20.7. The van der Waals surface area contributed by atoms with Crippen LogP contribution in [0.5, 0.6) is 0 Å². The highest BCUT2D eigenvalue weighted by molar-refractivity contribution is 6.17. The molecule has 0 spiro atoms. The van der Waals surface area contributed by atoms with Crippen LogP contribution in [0.3, 0.4) is 0 Å². The molecule has 0 aliphatic rings. The number of hydrogen-bond acceptors (Lipinski definition) is 3. The lowest BCUT2D eigenvalue weighted by atomic mass is 9.92. The molecule has 3 nitrogen and oxygen atoms in total. The molecule has 0 atom stereocenters. The van der Waals surface area contributed by atoms with Crippen molar-refractivity contribution < 1.29 is 8.83 Å². The SMILES string of the molecule is c1ccc(-c2ccc(N(c3ccc(-c4ccccc4-c4cccc5oc6ccccc6c45)cc3)c3ccc(-c4cccc5ccccc45)cc3)c3c2oc2ccccc23)cc1. The maximum Gasteiger partial charge on any atom is 0.145 e. The highest BCUT2D eigenvalue weighted by atomic mass is 16.3. The molecule has 0 saturated heterocycles. The highest BCUT2D eigenvalue weighted by Crippen LogP contribution is 2.47. The average molecular weight is 780 g/mol. The van der Waals surface area contributed by atoms with Crippen molar-refractivity contribution in [2.45, 2.75) is 0 Å². The lowest BCUT2D eigenvalue weighted by Gasteiger charge is -2.27. The first-order chi connectivity index (χ1) is 30.3. The quantitative estimate of drug-likeness (QED) is 0.161. The number of nitrogens with zero attached hydrogens (tertiary/aromatic N) is 1. The van der Waals surface area contributed by atoms with Gasteiger partial charge in [-0.3, -0.25) is 0 Å². The van der Waals surface area contributed by atoms with E-state index in [0.717, 1.165) is 94.3 Å². The molecule has 2 heterocycles. The fraction of sp³-hybridized carbons (Fsp3) is 0. The van der Waals surface area contributed by atoms with Gasteiger partial charge in [0, 0.05) is 33.1 Å². The summed E-state index contributed by atoms with van der Waals surface area (Å²) < 4.78 is 13.1. The maximum absolute atomic E-state index is 6.77. The summed E-state index contributed by atoms with van der Waals surface area (Å²) in [5, 5.41) is 6.88. The predicted molar refractivity (Wildman–Crippen MR) is 255 cm³/mol. The van der Waals surface area contributed by atoms with Crippen molar-refractivity contribution in [3.05, 3.63) is 224 Å². The lowest BCUT2D eigenvalue weighted by Crippen LogP contribution is -2.10. The Morgan fingerprint density at radius 2 is 0.787 bits per heavy atom. The van der Waals surface area contributed by atoms with Crippen LogP contribution in [0.1, 0.15) is 0 Å². The van der Waals surface area contributed by atoms with E-state index in [9.17, 15) is 0 Å². The minimum atomic E-state index is 0.862. The summed E-state index contributed by atoms with van der Waals surface area (Å²) in [6.45, 7) is 0. The van der Waals surface area contributed by atoms with E-state index in [2.05, 4.69) is 211 Å². The highest BCUT2D eigenvalue weighted by Gasteiger charge is 2.23. The van der Waals surface area contributed by atoms with Crippen molar-refractivity contribution in [3.8, 4) is 44.5 Å². The lowest BCUT2D eigenvalue weighted by molar-refractivity contribution is 0.669. The Labute approximate surface area is 353 Å². The number of para-hydroxylation sites is 2. The molecule has 0 fully saturated rings. The smallest absolute Gasteiger partial charge is 0.145 e. The second-order valence-electron chi connectivity index (χ2n) is 15.6. The fourth-order valence-corrected chi connectivity index (χ4v) is 9.30. The topological polar surface area (TPSA) is 29.5 Å². The van der Waals surface area contributed by atoms with Crippen molar-refractivity contribution in [2.24, 2.45) is 0 Å². The molecular weight excluding hydrogens is 743 g/mol. The van der Waals surface area contributed by atoms with Gasteiger partial charge < -0.3 is 13.7 Å². The summed E-state index contributed by atoms with van der Waals surface area (Å²) in [6.07, 6.45) is 0. The van der Waals surface area contributed by atoms with Gasteiger partial charge in [0.1, 0.15) is 22.3 Å². The molecule has 0 bridgehead atoms. The van der Waals surface area contributed by atoms with Crippen LogP contribution >= 0.6 is 0 Å². The minimum Gasteiger partial charge on any atom is -0.456 e. The summed E-state index contributed by atoms with van der Waals surface area (Å²) in [5.41, 5.74) is 15.8. The maximum atomic E-state index is 6.77. The average Bonchev–Trinajstić information content (AvgIpc) is 3.92. The molecule has 286 valence electrons. The van der Waals surface area contributed by atoms with Crippen LogP contribution in [0.4, 0.5) is 17.1 Å². The van der Waals surface area contributed by atoms with E-state index < -0.39 is 0 Å². The van der Waals surface area contributed by atoms with Crippen molar-refractivity contribution >= 4 is 71.7 Å². The van der Waals surface area contributed by atoms with Crippen LogP contribution < -0.4 is 4.90 Å². The summed E-state index contributed by atoms with van der Waals surface area (Å²) in [5.74, 6) is 0. The molecule has 0 amide bonds. The molecule has 2 aromatic heterocycles. The Morgan fingerprint density at radius 1 is 0.279 bits per heavy atom. The molecule has 0 aliphatic carbocycles. The minimum absolute atomic E-state index is 0.862. The first kappa shape index (κ1) is 34.9. The van der Waals surface area contributed by atoms with E-state index in [4.69, 9.17) is 8.83 Å². The van der Waals surface area contributed by atoms with Gasteiger partial charge in [-0.15, -0.1) is 0 Å². The van der Waals surface area contributed by atoms with Gasteiger partial charge in [-0.2, -0.15) is 0 Å². The van der Waals surface area contributed by atoms with Crippen molar-refractivity contribution in [3.63, 3.8) is 0 Å².